The Morgan fingerprint density at radius 1 is 0.778 bits per heavy atom. The maximum Gasteiger partial charge on any atom is 0.338 e. The summed E-state index contributed by atoms with van der Waals surface area (Å²) in [5.41, 5.74) is 6.97. The van der Waals surface area contributed by atoms with Gasteiger partial charge < -0.3 is 24.7 Å². The number of carbonyl (C=O) groups excluding carboxylic acids is 4. The Balaban J connectivity index is 2.00. The molecule has 9 nitrogen and oxygen atoms in total. The maximum absolute atomic E-state index is 12.4. The molecule has 9 heteroatoms. The molecule has 0 aliphatic heterocycles. The molecule has 0 saturated heterocycles. The van der Waals surface area contributed by atoms with Crippen LogP contribution in [0.15, 0.2) is 48.5 Å². The average Bonchev–Trinajstić information content (AvgIpc) is 2.84. The minimum Gasteiger partial charge on any atom is -0.461 e. The molecule has 0 heterocycles. The highest BCUT2D eigenvalue weighted by Crippen LogP contribution is 2.30. The summed E-state index contributed by atoms with van der Waals surface area (Å²) in [5.74, 6) is -2.82. The fraction of sp³-hybridized carbons (Fsp3) is 0.407. The molecule has 194 valence electrons. The lowest BCUT2D eigenvalue weighted by molar-refractivity contribution is -0.148. The quantitative estimate of drug-likeness (QED) is 0.365. The maximum atomic E-state index is 12.4. The first-order valence-corrected chi connectivity index (χ1v) is 11.7. The first kappa shape index (κ1) is 28.5. The van der Waals surface area contributed by atoms with E-state index in [0.717, 1.165) is 0 Å². The summed E-state index contributed by atoms with van der Waals surface area (Å²) in [6.07, 6.45) is -0.604. The molecule has 2 N–H and O–H groups in total. The van der Waals surface area contributed by atoms with E-state index in [9.17, 15) is 19.2 Å². The normalized spacial score (nSPS) is 12.6. The van der Waals surface area contributed by atoms with Gasteiger partial charge in [0.05, 0.1) is 17.4 Å². The van der Waals surface area contributed by atoms with Crippen LogP contribution in [0.3, 0.4) is 0 Å². The molecule has 0 bridgehead atoms. The minimum atomic E-state index is -1.03. The minimum absolute atomic E-state index is 0.0576. The Kier molecular flexibility index (Phi) is 10.6. The van der Waals surface area contributed by atoms with E-state index in [1.54, 1.807) is 71.0 Å². The van der Waals surface area contributed by atoms with Crippen LogP contribution in [0.2, 0.25) is 0 Å². The van der Waals surface area contributed by atoms with Crippen LogP contribution < -0.4 is 15.2 Å². The van der Waals surface area contributed by atoms with Crippen LogP contribution in [0.4, 0.5) is 0 Å². The predicted molar refractivity (Wildman–Crippen MR) is 131 cm³/mol. The van der Waals surface area contributed by atoms with Crippen molar-refractivity contribution in [2.45, 2.75) is 53.2 Å². The number of nitrogens with two attached hydrogens (primary N) is 1. The molecule has 0 fully saturated rings. The zero-order valence-electron chi connectivity index (χ0n) is 21.2. The highest BCUT2D eigenvalue weighted by molar-refractivity contribution is 5.89. The first-order valence-electron chi connectivity index (χ1n) is 11.7. The third-order valence-corrected chi connectivity index (χ3v) is 4.91. The van der Waals surface area contributed by atoms with Crippen molar-refractivity contribution in [2.75, 3.05) is 6.61 Å². The molecule has 0 saturated carbocycles. The van der Waals surface area contributed by atoms with E-state index in [1.165, 1.54) is 12.1 Å². The summed E-state index contributed by atoms with van der Waals surface area (Å²) >= 11 is 0. The number of benzene rings is 2. The van der Waals surface area contributed by atoms with Gasteiger partial charge in [0, 0.05) is 0 Å². The molecular weight excluding hydrogens is 466 g/mol. The molecule has 0 amide bonds. The molecule has 0 unspecified atom stereocenters. The van der Waals surface area contributed by atoms with Crippen molar-refractivity contribution in [1.29, 1.82) is 0 Å². The van der Waals surface area contributed by atoms with E-state index in [4.69, 9.17) is 24.7 Å². The van der Waals surface area contributed by atoms with Gasteiger partial charge in [-0.3, -0.25) is 14.4 Å². The zero-order chi connectivity index (χ0) is 26.8. The Morgan fingerprint density at radius 3 is 1.94 bits per heavy atom. The van der Waals surface area contributed by atoms with E-state index >= 15 is 0 Å². The average molecular weight is 500 g/mol. The van der Waals surface area contributed by atoms with Gasteiger partial charge in [-0.05, 0) is 43.2 Å². The molecule has 2 aromatic rings. The Labute approximate surface area is 210 Å². The molecule has 0 aliphatic rings. The van der Waals surface area contributed by atoms with Gasteiger partial charge in [-0.2, -0.15) is 0 Å². The van der Waals surface area contributed by atoms with E-state index in [2.05, 4.69) is 0 Å². The van der Waals surface area contributed by atoms with Crippen LogP contribution in [-0.2, 0) is 30.3 Å². The highest BCUT2D eigenvalue weighted by atomic mass is 16.6. The summed E-state index contributed by atoms with van der Waals surface area (Å²) in [6.45, 7) is 8.17. The van der Waals surface area contributed by atoms with Crippen LogP contribution in [0.1, 0.15) is 50.5 Å². The topological polar surface area (TPSA) is 131 Å². The second kappa shape index (κ2) is 13.4. The summed E-state index contributed by atoms with van der Waals surface area (Å²) < 4.78 is 21.2. The number of ether oxygens (including phenoxy) is 4. The van der Waals surface area contributed by atoms with Crippen molar-refractivity contribution >= 4 is 23.9 Å². The predicted octanol–water partition coefficient (Wildman–Crippen LogP) is 3.47. The molecule has 2 aromatic carbocycles. The van der Waals surface area contributed by atoms with Gasteiger partial charge in [0.25, 0.3) is 0 Å². The molecule has 36 heavy (non-hydrogen) atoms. The van der Waals surface area contributed by atoms with Crippen LogP contribution in [0, 0.1) is 11.8 Å². The lowest BCUT2D eigenvalue weighted by atomic mass is 10.1. The Bertz CT molecular complexity index is 1060. The van der Waals surface area contributed by atoms with Crippen molar-refractivity contribution in [3.63, 3.8) is 0 Å². The summed E-state index contributed by atoms with van der Waals surface area (Å²) in [5, 5.41) is 0. The monoisotopic (exact) mass is 499 g/mol. The standard InChI is InChI=1S/C27H33NO8/c1-16(2)24(29)35-22-12-11-19(14-23(22)36-25(30)17(3)4)13-21(28)27(32)33-15-18(5)34-26(31)20-9-7-6-8-10-20/h6-12,14,16-18,21H,13,15,28H2,1-5H3/t18-,21-/m0/s1. The number of carbonyl (C=O) groups is 4. The molecule has 0 radical (unpaired) electrons. The lowest BCUT2D eigenvalue weighted by Crippen LogP contribution is -2.36. The first-order chi connectivity index (χ1) is 17.0. The van der Waals surface area contributed by atoms with E-state index in [1.807, 2.05) is 0 Å². The fourth-order valence-electron chi connectivity index (χ4n) is 2.80. The highest BCUT2D eigenvalue weighted by Gasteiger charge is 2.22. The molecule has 2 atom stereocenters. The molecule has 0 aliphatic carbocycles. The number of hydrogen-bond donors (Lipinski definition) is 1. The van der Waals surface area contributed by atoms with E-state index < -0.39 is 41.9 Å². The van der Waals surface area contributed by atoms with Gasteiger partial charge in [0.15, 0.2) is 11.5 Å². The van der Waals surface area contributed by atoms with Crippen molar-refractivity contribution in [3.05, 3.63) is 59.7 Å². The molecule has 2 rings (SSSR count). The van der Waals surface area contributed by atoms with Gasteiger partial charge >= 0.3 is 23.9 Å². The van der Waals surface area contributed by atoms with Gasteiger partial charge in [-0.15, -0.1) is 0 Å². The largest absolute Gasteiger partial charge is 0.461 e. The lowest BCUT2D eigenvalue weighted by Gasteiger charge is -2.17. The summed E-state index contributed by atoms with van der Waals surface area (Å²) in [7, 11) is 0. The number of esters is 4. The van der Waals surface area contributed by atoms with E-state index in [0.29, 0.717) is 11.1 Å². The molecular formula is C27H33NO8. The van der Waals surface area contributed by atoms with Crippen LogP contribution in [-0.4, -0.2) is 42.6 Å². The zero-order valence-corrected chi connectivity index (χ0v) is 21.2. The van der Waals surface area contributed by atoms with Gasteiger partial charge in [0.1, 0.15) is 18.8 Å². The fourth-order valence-corrected chi connectivity index (χ4v) is 2.80. The molecule has 0 aromatic heterocycles. The van der Waals surface area contributed by atoms with Crippen LogP contribution in [0.25, 0.3) is 0 Å². The van der Waals surface area contributed by atoms with Crippen molar-refractivity contribution in [1.82, 2.24) is 0 Å². The number of hydrogen-bond acceptors (Lipinski definition) is 9. The van der Waals surface area contributed by atoms with Crippen LogP contribution >= 0.6 is 0 Å². The SMILES string of the molecule is CC(C)C(=O)Oc1ccc(C[C@H](N)C(=O)OC[C@H](C)OC(=O)c2ccccc2)cc1OC(=O)C(C)C. The third kappa shape index (κ3) is 8.81. The van der Waals surface area contributed by atoms with E-state index in [-0.39, 0.29) is 30.4 Å². The second-order valence-electron chi connectivity index (χ2n) is 8.96. The van der Waals surface area contributed by atoms with Crippen molar-refractivity contribution < 1.29 is 38.1 Å². The summed E-state index contributed by atoms with van der Waals surface area (Å²) in [4.78, 5) is 48.7. The van der Waals surface area contributed by atoms with Gasteiger partial charge in [-0.25, -0.2) is 4.79 Å². The smallest absolute Gasteiger partial charge is 0.338 e. The van der Waals surface area contributed by atoms with Crippen molar-refractivity contribution in [3.8, 4) is 11.5 Å². The van der Waals surface area contributed by atoms with Crippen molar-refractivity contribution in [2.24, 2.45) is 17.6 Å². The summed E-state index contributed by atoms with van der Waals surface area (Å²) in [6, 6.07) is 12.0. The Morgan fingerprint density at radius 2 is 1.36 bits per heavy atom. The number of rotatable bonds is 11. The van der Waals surface area contributed by atoms with Gasteiger partial charge in [0.2, 0.25) is 0 Å². The molecule has 0 spiro atoms. The van der Waals surface area contributed by atoms with Gasteiger partial charge in [-0.1, -0.05) is 52.0 Å². The van der Waals surface area contributed by atoms with Crippen LogP contribution in [0.5, 0.6) is 11.5 Å². The Hall–Kier alpha value is -3.72. The third-order valence-electron chi connectivity index (χ3n) is 4.91. The second-order valence-corrected chi connectivity index (χ2v) is 8.96.